The molecule has 2 aromatic heterocycles. The Hall–Kier alpha value is -2.89. The summed E-state index contributed by atoms with van der Waals surface area (Å²) in [6.45, 7) is 5.24. The number of likely N-dealkylation sites (tertiary alicyclic amines) is 1. The molecule has 6 nitrogen and oxygen atoms in total. The third-order valence-corrected chi connectivity index (χ3v) is 4.83. The molecule has 4 rings (SSSR count). The number of fused-ring (bicyclic) bond motifs is 1. The highest BCUT2D eigenvalue weighted by atomic mass is 16.5. The number of benzene rings is 1. The Balaban J connectivity index is 1.44. The van der Waals surface area contributed by atoms with Crippen LogP contribution in [-0.4, -0.2) is 40.0 Å². The Bertz CT molecular complexity index is 928. The van der Waals surface area contributed by atoms with Crippen molar-refractivity contribution in [2.45, 2.75) is 32.8 Å². The summed E-state index contributed by atoms with van der Waals surface area (Å²) >= 11 is 0. The van der Waals surface area contributed by atoms with E-state index >= 15 is 0 Å². The number of nitrogens with zero attached hydrogens (tertiary/aromatic N) is 3. The summed E-state index contributed by atoms with van der Waals surface area (Å²) < 4.78 is 11.6. The molecule has 0 saturated carbocycles. The van der Waals surface area contributed by atoms with E-state index in [1.165, 1.54) is 0 Å². The standard InChI is InChI=1S/C20H21N3O3/c1-13-4-5-17-16(12-13)14(2)18(26-17)19(24)23-10-6-15(7-11-23)25-20-21-8-3-9-22-20/h3-5,8-9,12,15H,6-7,10-11H2,1-2H3. The SMILES string of the molecule is Cc1ccc2oc(C(=O)N3CCC(Oc4ncccn4)CC3)c(C)c2c1. The molecule has 0 aliphatic carbocycles. The van der Waals surface area contributed by atoms with Crippen LogP contribution in [0.5, 0.6) is 6.01 Å². The van der Waals surface area contributed by atoms with Crippen molar-refractivity contribution in [3.63, 3.8) is 0 Å². The minimum Gasteiger partial charge on any atom is -0.460 e. The number of ether oxygens (including phenoxy) is 1. The number of carbonyl (C=O) groups excluding carboxylic acids is 1. The van der Waals surface area contributed by atoms with Crippen LogP contribution in [0.25, 0.3) is 11.0 Å². The van der Waals surface area contributed by atoms with Gasteiger partial charge in [0.1, 0.15) is 11.7 Å². The van der Waals surface area contributed by atoms with Crippen LogP contribution in [0.3, 0.4) is 0 Å². The number of carbonyl (C=O) groups is 1. The fourth-order valence-electron chi connectivity index (χ4n) is 3.35. The topological polar surface area (TPSA) is 68.5 Å². The smallest absolute Gasteiger partial charge is 0.316 e. The predicted octanol–water partition coefficient (Wildman–Crippen LogP) is 3.52. The van der Waals surface area contributed by atoms with Gasteiger partial charge in [0.2, 0.25) is 0 Å². The molecule has 6 heteroatoms. The van der Waals surface area contributed by atoms with Gasteiger partial charge < -0.3 is 14.1 Å². The van der Waals surface area contributed by atoms with Crippen molar-refractivity contribution in [2.75, 3.05) is 13.1 Å². The van der Waals surface area contributed by atoms with Gasteiger partial charge in [0.25, 0.3) is 5.91 Å². The van der Waals surface area contributed by atoms with E-state index in [1.54, 1.807) is 18.5 Å². The number of hydrogen-bond donors (Lipinski definition) is 0. The molecule has 0 unspecified atom stereocenters. The van der Waals surface area contributed by atoms with Gasteiger partial charge in [0.05, 0.1) is 0 Å². The number of piperidine rings is 1. The molecular formula is C20H21N3O3. The van der Waals surface area contributed by atoms with E-state index in [2.05, 4.69) is 16.0 Å². The normalized spacial score (nSPS) is 15.4. The van der Waals surface area contributed by atoms with Gasteiger partial charge >= 0.3 is 6.01 Å². The maximum Gasteiger partial charge on any atom is 0.316 e. The van der Waals surface area contributed by atoms with Gasteiger partial charge in [0, 0.05) is 49.3 Å². The molecule has 0 spiro atoms. The summed E-state index contributed by atoms with van der Waals surface area (Å²) in [6.07, 6.45) is 4.85. The molecule has 134 valence electrons. The largest absolute Gasteiger partial charge is 0.460 e. The third kappa shape index (κ3) is 3.14. The quantitative estimate of drug-likeness (QED) is 0.722. The first-order valence-corrected chi connectivity index (χ1v) is 8.84. The summed E-state index contributed by atoms with van der Waals surface area (Å²) in [5, 5.41) is 1.01. The Morgan fingerprint density at radius 2 is 1.92 bits per heavy atom. The average Bonchev–Trinajstić information content (AvgIpc) is 2.99. The van der Waals surface area contributed by atoms with Crippen LogP contribution in [0.15, 0.2) is 41.1 Å². The molecule has 1 aromatic carbocycles. The maximum atomic E-state index is 12.9. The number of furan rings is 1. The van der Waals surface area contributed by atoms with Gasteiger partial charge in [-0.05, 0) is 32.0 Å². The molecule has 1 fully saturated rings. The second-order valence-corrected chi connectivity index (χ2v) is 6.70. The number of aromatic nitrogens is 2. The minimum absolute atomic E-state index is 0.0286. The fourth-order valence-corrected chi connectivity index (χ4v) is 3.35. The first-order chi connectivity index (χ1) is 12.6. The van der Waals surface area contributed by atoms with Gasteiger partial charge in [-0.25, -0.2) is 9.97 Å². The molecule has 1 aliphatic rings. The Morgan fingerprint density at radius 1 is 1.19 bits per heavy atom. The second-order valence-electron chi connectivity index (χ2n) is 6.70. The van der Waals surface area contributed by atoms with Crippen LogP contribution >= 0.6 is 0 Å². The van der Waals surface area contributed by atoms with Crippen LogP contribution in [0.4, 0.5) is 0 Å². The van der Waals surface area contributed by atoms with Gasteiger partial charge in [-0.15, -0.1) is 0 Å². The first-order valence-electron chi connectivity index (χ1n) is 8.84. The van der Waals surface area contributed by atoms with Crippen molar-refractivity contribution in [3.8, 4) is 6.01 Å². The molecule has 26 heavy (non-hydrogen) atoms. The lowest BCUT2D eigenvalue weighted by Crippen LogP contribution is -2.42. The van der Waals surface area contributed by atoms with E-state index in [4.69, 9.17) is 9.15 Å². The monoisotopic (exact) mass is 351 g/mol. The molecule has 1 saturated heterocycles. The third-order valence-electron chi connectivity index (χ3n) is 4.83. The number of aryl methyl sites for hydroxylation is 2. The highest BCUT2D eigenvalue weighted by Gasteiger charge is 2.28. The lowest BCUT2D eigenvalue weighted by atomic mass is 10.1. The maximum absolute atomic E-state index is 12.9. The van der Waals surface area contributed by atoms with Crippen molar-refractivity contribution in [1.29, 1.82) is 0 Å². The Labute approximate surface area is 151 Å². The van der Waals surface area contributed by atoms with Gasteiger partial charge in [-0.3, -0.25) is 4.79 Å². The average molecular weight is 351 g/mol. The van der Waals surface area contributed by atoms with E-state index in [9.17, 15) is 4.79 Å². The van der Waals surface area contributed by atoms with E-state index in [1.807, 2.05) is 30.9 Å². The van der Waals surface area contributed by atoms with E-state index in [0.717, 1.165) is 34.9 Å². The van der Waals surface area contributed by atoms with Crippen LogP contribution in [0.1, 0.15) is 34.5 Å². The second kappa shape index (κ2) is 6.78. The molecule has 3 heterocycles. The zero-order valence-corrected chi connectivity index (χ0v) is 14.9. The summed E-state index contributed by atoms with van der Waals surface area (Å²) in [5.74, 6) is 0.391. The first kappa shape index (κ1) is 16.6. The van der Waals surface area contributed by atoms with Gasteiger partial charge in [0.15, 0.2) is 5.76 Å². The number of hydrogen-bond acceptors (Lipinski definition) is 5. The zero-order chi connectivity index (χ0) is 18.1. The molecule has 1 amide bonds. The molecule has 0 radical (unpaired) electrons. The van der Waals surface area contributed by atoms with Crippen LogP contribution < -0.4 is 4.74 Å². The lowest BCUT2D eigenvalue weighted by Gasteiger charge is -2.31. The van der Waals surface area contributed by atoms with Gasteiger partial charge in [-0.2, -0.15) is 0 Å². The predicted molar refractivity (Wildman–Crippen MR) is 97.3 cm³/mol. The summed E-state index contributed by atoms with van der Waals surface area (Å²) in [6, 6.07) is 8.12. The Kier molecular flexibility index (Phi) is 4.32. The number of rotatable bonds is 3. The van der Waals surface area contributed by atoms with E-state index in [-0.39, 0.29) is 12.0 Å². The molecule has 0 atom stereocenters. The van der Waals surface area contributed by atoms with Crippen LogP contribution in [0, 0.1) is 13.8 Å². The Morgan fingerprint density at radius 3 is 2.65 bits per heavy atom. The van der Waals surface area contributed by atoms with Crippen molar-refractivity contribution < 1.29 is 13.9 Å². The van der Waals surface area contributed by atoms with Crippen molar-refractivity contribution in [2.24, 2.45) is 0 Å². The minimum atomic E-state index is -0.0502. The van der Waals surface area contributed by atoms with Crippen molar-refractivity contribution in [3.05, 3.63) is 53.5 Å². The van der Waals surface area contributed by atoms with Gasteiger partial charge in [-0.1, -0.05) is 11.6 Å². The summed E-state index contributed by atoms with van der Waals surface area (Å²) in [4.78, 5) is 22.9. The summed E-state index contributed by atoms with van der Waals surface area (Å²) in [5.41, 5.74) is 2.82. The molecule has 0 N–H and O–H groups in total. The number of amides is 1. The molecule has 3 aromatic rings. The van der Waals surface area contributed by atoms with Crippen LogP contribution in [0.2, 0.25) is 0 Å². The molecule has 1 aliphatic heterocycles. The summed E-state index contributed by atoms with van der Waals surface area (Å²) in [7, 11) is 0. The lowest BCUT2D eigenvalue weighted by molar-refractivity contribution is 0.0552. The molecule has 0 bridgehead atoms. The highest BCUT2D eigenvalue weighted by Crippen LogP contribution is 2.28. The fraction of sp³-hybridized carbons (Fsp3) is 0.350. The molecular weight excluding hydrogens is 330 g/mol. The van der Waals surface area contributed by atoms with Crippen LogP contribution in [-0.2, 0) is 0 Å². The van der Waals surface area contributed by atoms with Crippen molar-refractivity contribution >= 4 is 16.9 Å². The zero-order valence-electron chi connectivity index (χ0n) is 14.9. The van der Waals surface area contributed by atoms with E-state index < -0.39 is 0 Å². The highest BCUT2D eigenvalue weighted by molar-refractivity contribution is 5.99. The van der Waals surface area contributed by atoms with Crippen molar-refractivity contribution in [1.82, 2.24) is 14.9 Å². The van der Waals surface area contributed by atoms with E-state index in [0.29, 0.717) is 24.9 Å².